The van der Waals surface area contributed by atoms with Gasteiger partial charge in [0.2, 0.25) is 0 Å². The van der Waals surface area contributed by atoms with Gasteiger partial charge in [0, 0.05) is 33.4 Å². The van der Waals surface area contributed by atoms with E-state index in [2.05, 4.69) is 86.8 Å². The normalized spacial score (nSPS) is 9.09. The van der Waals surface area contributed by atoms with Crippen molar-refractivity contribution in [1.82, 2.24) is 0 Å². The third-order valence-electron chi connectivity index (χ3n) is 2.33. The van der Waals surface area contributed by atoms with E-state index in [1.54, 1.807) is 0 Å². The van der Waals surface area contributed by atoms with Crippen molar-refractivity contribution in [2.45, 2.75) is 26.0 Å². The summed E-state index contributed by atoms with van der Waals surface area (Å²) in [5.41, 5.74) is 36.5. The lowest BCUT2D eigenvalue weighted by Gasteiger charge is -2.14. The van der Waals surface area contributed by atoms with Crippen LogP contribution in [0.4, 0.5) is 0 Å². The van der Waals surface area contributed by atoms with Crippen LogP contribution in [-0.4, -0.2) is 17.3 Å². The average Bonchev–Trinajstić information content (AvgIpc) is 2.50. The molecule has 4 N–H and O–H groups in total. The minimum absolute atomic E-state index is 0. The summed E-state index contributed by atoms with van der Waals surface area (Å²) in [4.78, 5) is 0. The fourth-order valence-corrected chi connectivity index (χ4v) is 1.01. The molecule has 23 heavy (non-hydrogen) atoms. The van der Waals surface area contributed by atoms with Gasteiger partial charge in [-0.1, -0.05) is 25.3 Å². The molecule has 0 fully saturated rings. The fraction of sp³-hybridized carbons (Fsp3) is 0.250. The minimum Gasteiger partial charge on any atom is -1.00 e. The van der Waals surface area contributed by atoms with E-state index in [4.69, 9.17) is 0 Å². The third-order valence-corrected chi connectivity index (χ3v) is 2.33. The Morgan fingerprint density at radius 1 is 0.870 bits per heavy atom. The highest BCUT2D eigenvalue weighted by Crippen LogP contribution is 2.01. The summed E-state index contributed by atoms with van der Waals surface area (Å²) in [7, 11) is 0. The van der Waals surface area contributed by atoms with Gasteiger partial charge in [0.15, 0.2) is 0 Å². The molecular weight excluding hydrogens is 306 g/mol. The first-order valence-corrected chi connectivity index (χ1v) is 6.46. The maximum atomic E-state index is 9.72. The van der Waals surface area contributed by atoms with E-state index < -0.39 is 6.10 Å². The molecule has 0 radical (unpaired) electrons. The first kappa shape index (κ1) is 22.4. The molecule has 2 atom stereocenters. The molecule has 0 bridgehead atoms. The molecule has 0 saturated carbocycles. The Labute approximate surface area is 165 Å². The summed E-state index contributed by atoms with van der Waals surface area (Å²) in [6.45, 7) is 7.29. The smallest absolute Gasteiger partial charge is 0.132 e. The SMILES string of the molecule is C=C=C=C=C=C=C=C=C=C=C=C=C=C=C[C@H](O)[C@@H]([NH3+])C(C)C.[Cl-].[HH].[HH].[HH].[HH].[HH].[HH].[HH].[HH].[HH].[HH].[HH].[HH].[HH].[HH].[HH]. The molecule has 0 amide bonds. The van der Waals surface area contributed by atoms with E-state index in [0.29, 0.717) is 0 Å². The molecule has 0 aliphatic rings. The van der Waals surface area contributed by atoms with Gasteiger partial charge in [-0.25, -0.2) is 0 Å². The summed E-state index contributed by atoms with van der Waals surface area (Å²) in [5, 5.41) is 9.72. The zero-order chi connectivity index (χ0) is 16.6. The highest BCUT2D eigenvalue weighted by molar-refractivity contribution is 4.95. The monoisotopic (exact) mass is 351 g/mol. The topological polar surface area (TPSA) is 47.9 Å². The summed E-state index contributed by atoms with van der Waals surface area (Å²) < 4.78 is 0. The van der Waals surface area contributed by atoms with E-state index in [0.717, 1.165) is 0 Å². The fourth-order valence-electron chi connectivity index (χ4n) is 1.01. The lowest BCUT2D eigenvalue weighted by Crippen LogP contribution is -3.00. The molecule has 0 heterocycles. The zero-order valence-corrected chi connectivity index (χ0v) is 13.8. The molecule has 0 aliphatic heterocycles. The molecule has 3 heteroatoms. The Bertz CT molecular complexity index is 911. The Morgan fingerprint density at radius 2 is 1.26 bits per heavy atom. The number of halogens is 1. The van der Waals surface area contributed by atoms with Gasteiger partial charge in [-0.3, -0.25) is 0 Å². The van der Waals surface area contributed by atoms with Crippen molar-refractivity contribution in [1.29, 1.82) is 0 Å². The molecule has 2 nitrogen and oxygen atoms in total. The van der Waals surface area contributed by atoms with Crippen LogP contribution >= 0.6 is 0 Å². The highest BCUT2D eigenvalue weighted by Gasteiger charge is 2.18. The van der Waals surface area contributed by atoms with E-state index in [1.165, 1.54) is 6.08 Å². The molecule has 144 valence electrons. The second-order valence-corrected chi connectivity index (χ2v) is 4.26. The highest BCUT2D eigenvalue weighted by atomic mass is 35.5. The Kier molecular flexibility index (Phi) is 15.1. The van der Waals surface area contributed by atoms with Gasteiger partial charge >= 0.3 is 0 Å². The van der Waals surface area contributed by atoms with Crippen LogP contribution in [0.5, 0.6) is 0 Å². The van der Waals surface area contributed by atoms with Crippen molar-refractivity contribution < 1.29 is 44.6 Å². The van der Waals surface area contributed by atoms with E-state index in [9.17, 15) is 5.11 Å². The maximum Gasteiger partial charge on any atom is 0.132 e. The van der Waals surface area contributed by atoms with Crippen molar-refractivity contribution in [3.63, 3.8) is 0 Å². The predicted molar refractivity (Wildman–Crippen MR) is 115 cm³/mol. The summed E-state index contributed by atoms with van der Waals surface area (Å²) >= 11 is 0. The number of aliphatic hydroxyl groups is 1. The summed E-state index contributed by atoms with van der Waals surface area (Å²) in [6, 6.07) is -0.0903. The largest absolute Gasteiger partial charge is 1.00 e. The van der Waals surface area contributed by atoms with Gasteiger partial charge in [0.1, 0.15) is 12.1 Å². The third kappa shape index (κ3) is 13.8. The zero-order valence-electron chi connectivity index (χ0n) is 13.0. The first-order valence-electron chi connectivity index (χ1n) is 6.46. The molecule has 0 saturated heterocycles. The molecule has 0 aromatic rings. The van der Waals surface area contributed by atoms with Crippen LogP contribution in [0.15, 0.2) is 87.2 Å². The number of rotatable bonds is 3. The number of hydrogen-bond donors (Lipinski definition) is 2. The van der Waals surface area contributed by atoms with Gasteiger partial charge in [0.25, 0.3) is 0 Å². The van der Waals surface area contributed by atoms with Crippen molar-refractivity contribution in [3.8, 4) is 0 Å². The molecule has 0 unspecified atom stereocenters. The molecule has 0 aromatic carbocycles. The van der Waals surface area contributed by atoms with Gasteiger partial charge in [-0.05, 0) is 69.6 Å². The van der Waals surface area contributed by atoms with Crippen LogP contribution in [0.1, 0.15) is 35.2 Å². The van der Waals surface area contributed by atoms with Crippen LogP contribution in [-0.2, 0) is 0 Å². The van der Waals surface area contributed by atoms with E-state index in [-0.39, 0.29) is 45.8 Å². The van der Waals surface area contributed by atoms with Gasteiger partial charge in [-0.15, -0.1) is 0 Å². The van der Waals surface area contributed by atoms with Crippen LogP contribution in [0.25, 0.3) is 0 Å². The number of hydrogen-bond acceptors (Lipinski definition) is 1. The van der Waals surface area contributed by atoms with Crippen LogP contribution in [0, 0.1) is 5.92 Å². The van der Waals surface area contributed by atoms with Crippen molar-refractivity contribution >= 4 is 0 Å². The van der Waals surface area contributed by atoms with Gasteiger partial charge in [0.05, 0.1) is 0 Å². The predicted octanol–water partition coefficient (Wildman–Crippen LogP) is 2.51. The Hall–Kier alpha value is -2.91. The summed E-state index contributed by atoms with van der Waals surface area (Å²) in [5.74, 6) is 0.285. The van der Waals surface area contributed by atoms with E-state index >= 15 is 0 Å². The molecule has 0 spiro atoms. The van der Waals surface area contributed by atoms with Crippen molar-refractivity contribution in [2.75, 3.05) is 0 Å². The second kappa shape index (κ2) is 15.5. The van der Waals surface area contributed by atoms with Crippen molar-refractivity contribution in [2.24, 2.45) is 5.92 Å². The van der Waals surface area contributed by atoms with Crippen LogP contribution < -0.4 is 18.1 Å². The van der Waals surface area contributed by atoms with Gasteiger partial charge in [-0.2, -0.15) is 0 Å². The van der Waals surface area contributed by atoms with Gasteiger partial charge < -0.3 is 23.2 Å². The van der Waals surface area contributed by atoms with Crippen LogP contribution in [0.3, 0.4) is 0 Å². The molecule has 0 aliphatic carbocycles. The van der Waals surface area contributed by atoms with Crippen LogP contribution in [0.2, 0.25) is 0 Å². The Balaban J connectivity index is -0.0000000184. The minimum atomic E-state index is -0.661. The quantitative estimate of drug-likeness (QED) is 0.754. The average molecular weight is 352 g/mol. The van der Waals surface area contributed by atoms with E-state index in [1.807, 2.05) is 13.8 Å². The number of quaternary nitrogens is 1. The molecule has 0 rings (SSSR count). The summed E-state index contributed by atoms with van der Waals surface area (Å²) in [6.07, 6.45) is 0.822. The lowest BCUT2D eigenvalue weighted by molar-refractivity contribution is -0.444. The second-order valence-electron chi connectivity index (χ2n) is 4.26. The molecule has 0 aromatic heterocycles. The standard InChI is InChI=1S/C20H15NO.ClH.15H2/c1-4-5-6-7-8-9-10-11-12-13-14-15-16-17-19(22)20(21)18(2)3;;;;;;;;;;;;;;;;/h17-20,22H,1,21H2,2-3H3;16*1H/t19-,20-;;;;;;;;;;;;;;;;/m0................/s1. The number of aliphatic hydroxyl groups excluding tert-OH is 1. The lowest BCUT2D eigenvalue weighted by atomic mass is 10.00. The maximum absolute atomic E-state index is 9.72. The molecular formula is C20H46ClNO. The first-order chi connectivity index (χ1) is 10.6. The Morgan fingerprint density at radius 3 is 1.65 bits per heavy atom. The van der Waals surface area contributed by atoms with Crippen molar-refractivity contribution in [3.05, 3.63) is 87.2 Å².